The van der Waals surface area contributed by atoms with Gasteiger partial charge >= 0.3 is 0 Å². The summed E-state index contributed by atoms with van der Waals surface area (Å²) in [6.07, 6.45) is 1.07. The molecule has 0 radical (unpaired) electrons. The van der Waals surface area contributed by atoms with Crippen molar-refractivity contribution < 1.29 is 21.6 Å². The van der Waals surface area contributed by atoms with E-state index in [0.29, 0.717) is 5.56 Å². The van der Waals surface area contributed by atoms with Crippen molar-refractivity contribution in [3.05, 3.63) is 34.7 Å². The van der Waals surface area contributed by atoms with Crippen molar-refractivity contribution in [1.29, 1.82) is 0 Å². The molecule has 6 nitrogen and oxygen atoms in total. The van der Waals surface area contributed by atoms with Crippen LogP contribution in [0.4, 0.5) is 0 Å². The summed E-state index contributed by atoms with van der Waals surface area (Å²) in [5, 5.41) is 0. The maximum atomic E-state index is 11.6. The quantitative estimate of drug-likeness (QED) is 0.846. The van der Waals surface area contributed by atoms with Gasteiger partial charge in [-0.2, -0.15) is 0 Å². The molecule has 0 atom stereocenters. The predicted molar refractivity (Wildman–Crippen MR) is 69.2 cm³/mol. The molecule has 0 fully saturated rings. The van der Waals surface area contributed by atoms with E-state index in [-0.39, 0.29) is 15.4 Å². The number of sulfonamides is 1. The molecule has 0 aliphatic carbocycles. The fourth-order valence-electron chi connectivity index (χ4n) is 1.75. The lowest BCUT2D eigenvalue weighted by Crippen LogP contribution is -2.22. The molecule has 1 amide bonds. The van der Waals surface area contributed by atoms with Crippen LogP contribution in [0.5, 0.6) is 0 Å². The molecule has 8 heteroatoms. The molecule has 0 unspecified atom stereocenters. The summed E-state index contributed by atoms with van der Waals surface area (Å²) in [6.45, 7) is 1.33. The second kappa shape index (κ2) is 4.17. The number of rotatable bonds is 2. The Labute approximate surface area is 111 Å². The maximum absolute atomic E-state index is 11.6. The zero-order valence-corrected chi connectivity index (χ0v) is 11.8. The Morgan fingerprint density at radius 2 is 1.63 bits per heavy atom. The highest BCUT2D eigenvalue weighted by Gasteiger charge is 2.33. The number of nitrogens with one attached hydrogen (secondary N) is 1. The van der Waals surface area contributed by atoms with Crippen molar-refractivity contribution in [3.8, 4) is 0 Å². The van der Waals surface area contributed by atoms with E-state index in [1.54, 1.807) is 0 Å². The van der Waals surface area contributed by atoms with Crippen LogP contribution in [0.1, 0.15) is 12.5 Å². The Bertz CT molecular complexity index is 786. The van der Waals surface area contributed by atoms with Gasteiger partial charge in [-0.25, -0.2) is 21.6 Å². The monoisotopic (exact) mass is 301 g/mol. The average Bonchev–Trinajstić information content (AvgIpc) is 2.47. The third-order valence-electron chi connectivity index (χ3n) is 2.78. The fourth-order valence-corrected chi connectivity index (χ4v) is 3.36. The predicted octanol–water partition coefficient (Wildman–Crippen LogP) is 0.281. The molecule has 0 saturated carbocycles. The second-order valence-corrected chi connectivity index (χ2v) is 8.00. The van der Waals surface area contributed by atoms with E-state index in [1.807, 2.05) is 4.72 Å². The summed E-state index contributed by atoms with van der Waals surface area (Å²) in [6, 6.07) is 5.50. The molecule has 0 bridgehead atoms. The van der Waals surface area contributed by atoms with E-state index in [9.17, 15) is 21.6 Å². The number of sulfone groups is 1. The van der Waals surface area contributed by atoms with E-state index < -0.39 is 25.8 Å². The molecule has 2 rings (SSSR count). The first kappa shape index (κ1) is 13.8. The van der Waals surface area contributed by atoms with Gasteiger partial charge in [0.05, 0.1) is 15.4 Å². The van der Waals surface area contributed by atoms with Gasteiger partial charge in [-0.05, 0) is 24.6 Å². The molecule has 1 aromatic carbocycles. The number of benzene rings is 1. The number of hydrogen-bond acceptors (Lipinski definition) is 5. The van der Waals surface area contributed by atoms with Crippen LogP contribution in [0.25, 0.3) is 5.57 Å². The maximum Gasteiger partial charge on any atom is 0.266 e. The minimum atomic E-state index is -3.75. The number of hydrogen-bond donors (Lipinski definition) is 1. The van der Waals surface area contributed by atoms with Gasteiger partial charge in [-0.15, -0.1) is 0 Å². The zero-order chi connectivity index (χ0) is 14.4. The van der Waals surface area contributed by atoms with Crippen molar-refractivity contribution in [2.75, 3.05) is 6.26 Å². The van der Waals surface area contributed by atoms with E-state index in [2.05, 4.69) is 0 Å². The van der Waals surface area contributed by atoms with E-state index in [1.165, 1.54) is 31.2 Å². The van der Waals surface area contributed by atoms with Crippen LogP contribution in [0.2, 0.25) is 0 Å². The lowest BCUT2D eigenvalue weighted by atomic mass is 10.1. The molecule has 0 aromatic heterocycles. The number of carbonyl (C=O) groups excluding carboxylic acids is 1. The van der Waals surface area contributed by atoms with Gasteiger partial charge < -0.3 is 0 Å². The summed E-state index contributed by atoms with van der Waals surface area (Å²) < 4.78 is 47.5. The number of amides is 1. The highest BCUT2D eigenvalue weighted by molar-refractivity contribution is 7.94. The topological polar surface area (TPSA) is 97.4 Å². The van der Waals surface area contributed by atoms with Gasteiger partial charge in [-0.1, -0.05) is 12.1 Å². The molecule has 0 saturated heterocycles. The lowest BCUT2D eigenvalue weighted by Gasteiger charge is -2.02. The van der Waals surface area contributed by atoms with Gasteiger partial charge in [0.25, 0.3) is 15.9 Å². The molecular formula is C11H11NO5S2. The molecule has 1 N–H and O–H groups in total. The van der Waals surface area contributed by atoms with Gasteiger partial charge in [-0.3, -0.25) is 4.79 Å². The zero-order valence-electron chi connectivity index (χ0n) is 10.2. The Morgan fingerprint density at radius 3 is 2.00 bits per heavy atom. The van der Waals surface area contributed by atoms with Crippen LogP contribution in [0, 0.1) is 0 Å². The Morgan fingerprint density at radius 1 is 1.11 bits per heavy atom. The third-order valence-corrected chi connectivity index (χ3v) is 5.37. The number of carbonyl (C=O) groups is 1. The van der Waals surface area contributed by atoms with Gasteiger partial charge in [0.2, 0.25) is 0 Å². The van der Waals surface area contributed by atoms with Crippen molar-refractivity contribution in [3.63, 3.8) is 0 Å². The molecule has 1 heterocycles. The van der Waals surface area contributed by atoms with E-state index in [0.717, 1.165) is 6.26 Å². The molecule has 102 valence electrons. The van der Waals surface area contributed by atoms with Crippen LogP contribution in [0.3, 0.4) is 0 Å². The van der Waals surface area contributed by atoms with Crippen LogP contribution in [0.15, 0.2) is 34.1 Å². The lowest BCUT2D eigenvalue weighted by molar-refractivity contribution is -0.113. The molecular weight excluding hydrogens is 290 g/mol. The minimum Gasteiger partial charge on any atom is -0.268 e. The van der Waals surface area contributed by atoms with Crippen LogP contribution in [-0.2, 0) is 24.7 Å². The Balaban J connectivity index is 2.56. The Hall–Kier alpha value is -1.67. The smallest absolute Gasteiger partial charge is 0.266 e. The second-order valence-electron chi connectivity index (χ2n) is 4.16. The highest BCUT2D eigenvalue weighted by Crippen LogP contribution is 2.28. The van der Waals surface area contributed by atoms with Crippen LogP contribution < -0.4 is 4.72 Å². The summed E-state index contributed by atoms with van der Waals surface area (Å²) in [4.78, 5) is 11.7. The first-order valence-electron chi connectivity index (χ1n) is 5.21. The summed E-state index contributed by atoms with van der Waals surface area (Å²) in [5.74, 6) is -0.704. The fraction of sp³-hybridized carbons (Fsp3) is 0.182. The summed E-state index contributed by atoms with van der Waals surface area (Å²) in [5.41, 5.74) is 0.406. The van der Waals surface area contributed by atoms with Gasteiger partial charge in [0, 0.05) is 6.26 Å². The SMILES string of the molecule is CC1=C(c2ccc(S(C)(=O)=O)cc2)C(=O)NS1(=O)=O. The molecule has 1 aromatic rings. The van der Waals surface area contributed by atoms with Gasteiger partial charge in [0.15, 0.2) is 9.84 Å². The highest BCUT2D eigenvalue weighted by atomic mass is 32.2. The average molecular weight is 301 g/mol. The first-order valence-corrected chi connectivity index (χ1v) is 8.59. The van der Waals surface area contributed by atoms with E-state index >= 15 is 0 Å². The Kier molecular flexibility index (Phi) is 3.02. The number of allylic oxidation sites excluding steroid dienone is 1. The van der Waals surface area contributed by atoms with E-state index in [4.69, 9.17) is 0 Å². The standard InChI is InChI=1S/C11H11NO5S2/c1-7-10(11(13)12-19(7,16)17)8-3-5-9(6-4-8)18(2,14)15/h3-6H,1-2H3,(H,12,13). The summed E-state index contributed by atoms with van der Waals surface area (Å²) >= 11 is 0. The molecule has 0 spiro atoms. The molecule has 19 heavy (non-hydrogen) atoms. The van der Waals surface area contributed by atoms with Crippen LogP contribution in [-0.4, -0.2) is 29.0 Å². The summed E-state index contributed by atoms with van der Waals surface area (Å²) in [7, 11) is -7.08. The van der Waals surface area contributed by atoms with Crippen LogP contribution >= 0.6 is 0 Å². The molecule has 1 aliphatic heterocycles. The third kappa shape index (κ3) is 2.41. The van der Waals surface area contributed by atoms with Gasteiger partial charge in [0.1, 0.15) is 0 Å². The largest absolute Gasteiger partial charge is 0.268 e. The van der Waals surface area contributed by atoms with Crippen molar-refractivity contribution in [2.24, 2.45) is 0 Å². The van der Waals surface area contributed by atoms with Crippen molar-refractivity contribution in [2.45, 2.75) is 11.8 Å². The van der Waals surface area contributed by atoms with Crippen molar-refractivity contribution in [1.82, 2.24) is 4.72 Å². The molecule has 1 aliphatic rings. The minimum absolute atomic E-state index is 0.0417. The normalized spacial score (nSPS) is 18.5. The van der Waals surface area contributed by atoms with Crippen molar-refractivity contribution >= 4 is 31.3 Å². The first-order chi connectivity index (χ1) is 8.63.